The van der Waals surface area contributed by atoms with E-state index >= 15 is 0 Å². The molecular formula is C21H24BrN3O2S. The zero-order valence-corrected chi connectivity index (χ0v) is 18.1. The predicted octanol–water partition coefficient (Wildman–Crippen LogP) is 3.30. The Kier molecular flexibility index (Phi) is 7.24. The van der Waals surface area contributed by atoms with E-state index in [9.17, 15) is 8.42 Å². The molecule has 1 aliphatic heterocycles. The maximum atomic E-state index is 12.6. The number of halogens is 1. The van der Waals surface area contributed by atoms with Gasteiger partial charge < -0.3 is 4.90 Å². The summed E-state index contributed by atoms with van der Waals surface area (Å²) in [6.07, 6.45) is 1.02. The number of hydrogen-bond acceptors (Lipinski definition) is 5. The molecule has 0 aliphatic carbocycles. The van der Waals surface area contributed by atoms with Gasteiger partial charge in [-0.15, -0.1) is 0 Å². The van der Waals surface area contributed by atoms with Crippen molar-refractivity contribution in [2.75, 3.05) is 38.5 Å². The van der Waals surface area contributed by atoms with Crippen LogP contribution in [0.25, 0.3) is 0 Å². The number of sulfone groups is 1. The molecular weight excluding hydrogens is 438 g/mol. The van der Waals surface area contributed by atoms with E-state index in [1.54, 1.807) is 24.3 Å². The van der Waals surface area contributed by atoms with Crippen molar-refractivity contribution in [3.63, 3.8) is 0 Å². The standard InChI is InChI=1S/C21H24BrN3O2S/c22-20-6-8-21(9-7-20)28(26,27)15-14-24-10-1-11-25(13-12-24)17-19-4-2-18(16-23)3-5-19/h2-9H,1,10-15,17H2. The van der Waals surface area contributed by atoms with Gasteiger partial charge in [-0.25, -0.2) is 8.42 Å². The van der Waals surface area contributed by atoms with Crippen LogP contribution in [0.2, 0.25) is 0 Å². The van der Waals surface area contributed by atoms with Gasteiger partial charge >= 0.3 is 0 Å². The highest BCUT2D eigenvalue weighted by Gasteiger charge is 2.19. The zero-order valence-electron chi connectivity index (χ0n) is 15.7. The van der Waals surface area contributed by atoms with Gasteiger partial charge in [0.15, 0.2) is 9.84 Å². The molecule has 1 saturated heterocycles. The van der Waals surface area contributed by atoms with E-state index in [2.05, 4.69) is 31.8 Å². The summed E-state index contributed by atoms with van der Waals surface area (Å²) in [5, 5.41) is 8.90. The Morgan fingerprint density at radius 1 is 0.929 bits per heavy atom. The minimum atomic E-state index is -3.26. The highest BCUT2D eigenvalue weighted by atomic mass is 79.9. The molecule has 0 N–H and O–H groups in total. The van der Waals surface area contributed by atoms with Gasteiger partial charge in [0.2, 0.25) is 0 Å². The third kappa shape index (κ3) is 5.89. The minimum absolute atomic E-state index is 0.143. The molecule has 7 heteroatoms. The SMILES string of the molecule is N#Cc1ccc(CN2CCCN(CCS(=O)(=O)c3ccc(Br)cc3)CC2)cc1. The van der Waals surface area contributed by atoms with Crippen LogP contribution in [0.3, 0.4) is 0 Å². The van der Waals surface area contributed by atoms with Gasteiger partial charge in [-0.3, -0.25) is 4.90 Å². The predicted molar refractivity (Wildman–Crippen MR) is 114 cm³/mol. The van der Waals surface area contributed by atoms with Crippen LogP contribution in [0.1, 0.15) is 17.5 Å². The van der Waals surface area contributed by atoms with Gasteiger partial charge in [0.05, 0.1) is 22.3 Å². The molecule has 148 valence electrons. The van der Waals surface area contributed by atoms with E-state index in [-0.39, 0.29) is 5.75 Å². The van der Waals surface area contributed by atoms with Crippen molar-refractivity contribution in [3.05, 3.63) is 64.1 Å². The minimum Gasteiger partial charge on any atom is -0.301 e. The van der Waals surface area contributed by atoms with Gasteiger partial charge in [0.25, 0.3) is 0 Å². The Balaban J connectivity index is 1.50. The number of rotatable bonds is 6. The van der Waals surface area contributed by atoms with Crippen molar-refractivity contribution < 1.29 is 8.42 Å². The Morgan fingerprint density at radius 2 is 1.57 bits per heavy atom. The Labute approximate surface area is 175 Å². The fourth-order valence-electron chi connectivity index (χ4n) is 3.36. The quantitative estimate of drug-likeness (QED) is 0.659. The van der Waals surface area contributed by atoms with Crippen molar-refractivity contribution >= 4 is 25.8 Å². The van der Waals surface area contributed by atoms with Crippen LogP contribution in [-0.4, -0.2) is 56.7 Å². The van der Waals surface area contributed by atoms with Crippen LogP contribution in [0, 0.1) is 11.3 Å². The zero-order chi connectivity index (χ0) is 20.0. The van der Waals surface area contributed by atoms with Crippen molar-refractivity contribution in [2.24, 2.45) is 0 Å². The molecule has 0 unspecified atom stereocenters. The maximum absolute atomic E-state index is 12.6. The normalized spacial score (nSPS) is 16.4. The number of nitriles is 1. The lowest BCUT2D eigenvalue weighted by Gasteiger charge is -2.22. The number of hydrogen-bond donors (Lipinski definition) is 0. The molecule has 1 heterocycles. The summed E-state index contributed by atoms with van der Waals surface area (Å²) >= 11 is 3.34. The van der Waals surface area contributed by atoms with E-state index in [0.717, 1.165) is 43.6 Å². The monoisotopic (exact) mass is 461 g/mol. The third-order valence-corrected chi connectivity index (χ3v) is 7.26. The largest absolute Gasteiger partial charge is 0.301 e. The topological polar surface area (TPSA) is 64.4 Å². The van der Waals surface area contributed by atoms with E-state index < -0.39 is 9.84 Å². The van der Waals surface area contributed by atoms with Gasteiger partial charge in [0, 0.05) is 30.7 Å². The van der Waals surface area contributed by atoms with Crippen LogP contribution in [0.15, 0.2) is 57.9 Å². The Bertz CT molecular complexity index is 922. The molecule has 2 aromatic carbocycles. The van der Waals surface area contributed by atoms with E-state index in [4.69, 9.17) is 5.26 Å². The summed E-state index contributed by atoms with van der Waals surface area (Å²) in [5.41, 5.74) is 1.88. The fraction of sp³-hybridized carbons (Fsp3) is 0.381. The van der Waals surface area contributed by atoms with Crippen LogP contribution in [0.4, 0.5) is 0 Å². The third-order valence-electron chi connectivity index (χ3n) is 5.02. The lowest BCUT2D eigenvalue weighted by Crippen LogP contribution is -2.33. The first kappa shape index (κ1) is 21.0. The molecule has 1 aliphatic rings. The second-order valence-corrected chi connectivity index (χ2v) is 10.1. The molecule has 0 amide bonds. The van der Waals surface area contributed by atoms with Crippen LogP contribution < -0.4 is 0 Å². The van der Waals surface area contributed by atoms with Gasteiger partial charge in [0.1, 0.15) is 0 Å². The van der Waals surface area contributed by atoms with Crippen LogP contribution in [0.5, 0.6) is 0 Å². The lowest BCUT2D eigenvalue weighted by molar-refractivity contribution is 0.258. The molecule has 0 aromatic heterocycles. The van der Waals surface area contributed by atoms with Crippen molar-refractivity contribution in [1.82, 2.24) is 9.80 Å². The first-order chi connectivity index (χ1) is 13.5. The Hall–Kier alpha value is -1.72. The first-order valence-electron chi connectivity index (χ1n) is 9.38. The summed E-state index contributed by atoms with van der Waals surface area (Å²) < 4.78 is 26.0. The second-order valence-electron chi connectivity index (χ2n) is 7.05. The summed E-state index contributed by atoms with van der Waals surface area (Å²) in [7, 11) is -3.26. The molecule has 0 saturated carbocycles. The molecule has 5 nitrogen and oxygen atoms in total. The summed E-state index contributed by atoms with van der Waals surface area (Å²) in [6.45, 7) is 5.11. The number of nitrogens with zero attached hydrogens (tertiary/aromatic N) is 3. The molecule has 0 spiro atoms. The average molecular weight is 462 g/mol. The fourth-order valence-corrected chi connectivity index (χ4v) is 4.91. The number of benzene rings is 2. The summed E-state index contributed by atoms with van der Waals surface area (Å²) in [4.78, 5) is 5.02. The molecule has 0 bridgehead atoms. The van der Waals surface area contributed by atoms with Crippen LogP contribution in [-0.2, 0) is 16.4 Å². The van der Waals surface area contributed by atoms with Gasteiger partial charge in [-0.1, -0.05) is 28.1 Å². The molecule has 28 heavy (non-hydrogen) atoms. The van der Waals surface area contributed by atoms with E-state index in [0.29, 0.717) is 17.0 Å². The van der Waals surface area contributed by atoms with E-state index in [1.165, 1.54) is 5.56 Å². The lowest BCUT2D eigenvalue weighted by atomic mass is 10.1. The average Bonchev–Trinajstić information content (AvgIpc) is 2.93. The molecule has 0 atom stereocenters. The molecule has 2 aromatic rings. The maximum Gasteiger partial charge on any atom is 0.179 e. The molecule has 3 rings (SSSR count). The van der Waals surface area contributed by atoms with E-state index in [1.807, 2.05) is 24.3 Å². The first-order valence-corrected chi connectivity index (χ1v) is 11.8. The van der Waals surface area contributed by atoms with Crippen molar-refractivity contribution in [2.45, 2.75) is 17.9 Å². The van der Waals surface area contributed by atoms with Gasteiger partial charge in [-0.05, 0) is 61.5 Å². The summed E-state index contributed by atoms with van der Waals surface area (Å²) in [5.74, 6) is 0.143. The smallest absolute Gasteiger partial charge is 0.179 e. The highest BCUT2D eigenvalue weighted by molar-refractivity contribution is 9.10. The molecule has 0 radical (unpaired) electrons. The molecule has 1 fully saturated rings. The summed E-state index contributed by atoms with van der Waals surface area (Å²) in [6, 6.07) is 16.7. The van der Waals surface area contributed by atoms with Crippen LogP contribution >= 0.6 is 15.9 Å². The highest BCUT2D eigenvalue weighted by Crippen LogP contribution is 2.16. The van der Waals surface area contributed by atoms with Gasteiger partial charge in [-0.2, -0.15) is 5.26 Å². The van der Waals surface area contributed by atoms with Crippen molar-refractivity contribution in [3.8, 4) is 6.07 Å². The van der Waals surface area contributed by atoms with Crippen molar-refractivity contribution in [1.29, 1.82) is 5.26 Å². The Morgan fingerprint density at radius 3 is 2.25 bits per heavy atom. The second kappa shape index (κ2) is 9.66.